The molecule has 1 aromatic carbocycles. The molecule has 7 heteroatoms. The van der Waals surface area contributed by atoms with E-state index in [1.54, 1.807) is 25.0 Å². The summed E-state index contributed by atoms with van der Waals surface area (Å²) in [6.45, 7) is 5.78. The molecule has 0 atom stereocenters. The third kappa shape index (κ3) is 4.91. The number of sulfonamides is 1. The van der Waals surface area contributed by atoms with Crippen molar-refractivity contribution in [1.29, 1.82) is 0 Å². The zero-order valence-electron chi connectivity index (χ0n) is 10.5. The van der Waals surface area contributed by atoms with Gasteiger partial charge in [0.2, 0.25) is 10.0 Å². The van der Waals surface area contributed by atoms with Crippen molar-refractivity contribution >= 4 is 28.8 Å². The minimum atomic E-state index is -3.30. The summed E-state index contributed by atoms with van der Waals surface area (Å²) in [6, 6.07) is 5.28. The minimum Gasteiger partial charge on any atom is -0.437 e. The van der Waals surface area contributed by atoms with Crippen LogP contribution in [0.3, 0.4) is 0 Å². The molecule has 0 aliphatic heterocycles. The molecule has 1 aromatic rings. The summed E-state index contributed by atoms with van der Waals surface area (Å²) in [5.74, 6) is 0. The number of anilines is 1. The summed E-state index contributed by atoms with van der Waals surface area (Å²) >= 11 is 0. The molecule has 18 heavy (non-hydrogen) atoms. The van der Waals surface area contributed by atoms with Crippen molar-refractivity contribution in [2.45, 2.75) is 13.4 Å². The fourth-order valence-electron chi connectivity index (χ4n) is 1.45. The van der Waals surface area contributed by atoms with Crippen LogP contribution in [-0.2, 0) is 16.6 Å². The second-order valence-electron chi connectivity index (χ2n) is 4.06. The Balaban J connectivity index is 2.93. The topological polar surface area (TPSA) is 78.4 Å². The quantitative estimate of drug-likeness (QED) is 0.670. The average molecular weight is 268 g/mol. The Morgan fingerprint density at radius 2 is 2.17 bits per heavy atom. The van der Waals surface area contributed by atoms with Crippen molar-refractivity contribution in [3.05, 3.63) is 35.9 Å². The Morgan fingerprint density at radius 3 is 2.67 bits per heavy atom. The van der Waals surface area contributed by atoms with Crippen molar-refractivity contribution in [3.8, 4) is 0 Å². The highest BCUT2D eigenvalue weighted by molar-refractivity contribution is 7.92. The predicted octanol–water partition coefficient (Wildman–Crippen LogP) is 0.901. The van der Waals surface area contributed by atoms with Crippen LogP contribution in [0.4, 0.5) is 5.69 Å². The standard InChI is InChI=1S/C11H17BN2O3S/c1-4-10-7-9(8-13-12(2)15)5-6-11(10)14-18(3,16)17/h4-7,13-15H,1,8H2,2-3H3. The summed E-state index contributed by atoms with van der Waals surface area (Å²) < 4.78 is 24.8. The maximum atomic E-state index is 11.2. The van der Waals surface area contributed by atoms with E-state index in [1.807, 2.05) is 6.07 Å². The molecule has 0 unspecified atom stereocenters. The normalized spacial score (nSPS) is 11.1. The highest BCUT2D eigenvalue weighted by Crippen LogP contribution is 2.19. The Hall–Kier alpha value is -1.31. The van der Waals surface area contributed by atoms with E-state index in [0.29, 0.717) is 17.8 Å². The molecule has 0 aliphatic rings. The SMILES string of the molecule is C=Cc1cc(CNB(C)O)ccc1NS(C)(=O)=O. The van der Waals surface area contributed by atoms with Gasteiger partial charge >= 0.3 is 7.05 Å². The Labute approximate surface area is 108 Å². The van der Waals surface area contributed by atoms with Gasteiger partial charge in [-0.3, -0.25) is 4.72 Å². The van der Waals surface area contributed by atoms with Crippen LogP contribution >= 0.6 is 0 Å². The number of benzene rings is 1. The smallest absolute Gasteiger partial charge is 0.373 e. The zero-order valence-corrected chi connectivity index (χ0v) is 11.3. The van der Waals surface area contributed by atoms with E-state index in [1.165, 1.54) is 0 Å². The Morgan fingerprint density at radius 1 is 1.50 bits per heavy atom. The molecule has 0 fully saturated rings. The Kier molecular flexibility index (Phi) is 4.95. The van der Waals surface area contributed by atoms with E-state index in [-0.39, 0.29) is 0 Å². The number of hydrogen-bond donors (Lipinski definition) is 3. The van der Waals surface area contributed by atoms with E-state index < -0.39 is 17.1 Å². The Bertz CT molecular complexity index is 529. The summed E-state index contributed by atoms with van der Waals surface area (Å²) in [7, 11) is -3.89. The van der Waals surface area contributed by atoms with Gasteiger partial charge in [0.25, 0.3) is 0 Å². The van der Waals surface area contributed by atoms with Crippen LogP contribution < -0.4 is 9.95 Å². The van der Waals surface area contributed by atoms with Crippen LogP contribution in [0, 0.1) is 0 Å². The average Bonchev–Trinajstić information content (AvgIpc) is 2.25. The van der Waals surface area contributed by atoms with Crippen LogP contribution in [0.5, 0.6) is 0 Å². The highest BCUT2D eigenvalue weighted by Gasteiger charge is 2.07. The van der Waals surface area contributed by atoms with Gasteiger partial charge in [-0.2, -0.15) is 0 Å². The predicted molar refractivity (Wildman–Crippen MR) is 75.7 cm³/mol. The number of hydrogen-bond acceptors (Lipinski definition) is 4. The molecule has 0 aliphatic carbocycles. The molecule has 0 spiro atoms. The maximum absolute atomic E-state index is 11.2. The van der Waals surface area contributed by atoms with Crippen LogP contribution in [0.25, 0.3) is 6.08 Å². The van der Waals surface area contributed by atoms with E-state index in [4.69, 9.17) is 5.02 Å². The molecule has 98 valence electrons. The molecule has 0 bridgehead atoms. The summed E-state index contributed by atoms with van der Waals surface area (Å²) in [6.07, 6.45) is 2.68. The van der Waals surface area contributed by atoms with Crippen molar-refractivity contribution < 1.29 is 13.4 Å². The van der Waals surface area contributed by atoms with Gasteiger partial charge in [-0.25, -0.2) is 8.42 Å². The van der Waals surface area contributed by atoms with E-state index >= 15 is 0 Å². The lowest BCUT2D eigenvalue weighted by Crippen LogP contribution is -2.29. The van der Waals surface area contributed by atoms with Crippen molar-refractivity contribution in [2.75, 3.05) is 11.0 Å². The fraction of sp³-hybridized carbons (Fsp3) is 0.273. The molecular formula is C11H17BN2O3S. The lowest BCUT2D eigenvalue weighted by Gasteiger charge is -2.11. The number of nitrogens with one attached hydrogen (secondary N) is 2. The maximum Gasteiger partial charge on any atom is 0.373 e. The van der Waals surface area contributed by atoms with Crippen LogP contribution in [0.2, 0.25) is 6.82 Å². The molecular weight excluding hydrogens is 251 g/mol. The van der Waals surface area contributed by atoms with Gasteiger partial charge < -0.3 is 10.3 Å². The summed E-state index contributed by atoms with van der Waals surface area (Å²) in [5.41, 5.74) is 2.13. The van der Waals surface area contributed by atoms with Gasteiger partial charge in [-0.1, -0.05) is 18.7 Å². The van der Waals surface area contributed by atoms with Gasteiger partial charge in [0, 0.05) is 6.54 Å². The largest absolute Gasteiger partial charge is 0.437 e. The molecule has 0 heterocycles. The third-order valence-corrected chi connectivity index (χ3v) is 2.82. The number of rotatable bonds is 6. The van der Waals surface area contributed by atoms with Gasteiger partial charge in [0.05, 0.1) is 11.9 Å². The van der Waals surface area contributed by atoms with Crippen LogP contribution in [0.1, 0.15) is 11.1 Å². The molecule has 0 saturated carbocycles. The van der Waals surface area contributed by atoms with E-state index in [2.05, 4.69) is 16.5 Å². The second-order valence-corrected chi connectivity index (χ2v) is 5.81. The van der Waals surface area contributed by atoms with Crippen LogP contribution in [-0.4, -0.2) is 26.7 Å². The fourth-order valence-corrected chi connectivity index (χ4v) is 2.03. The molecule has 0 aromatic heterocycles. The summed E-state index contributed by atoms with van der Waals surface area (Å²) in [5, 5.41) is 12.0. The summed E-state index contributed by atoms with van der Waals surface area (Å²) in [4.78, 5) is 0. The van der Waals surface area contributed by atoms with Gasteiger partial charge in [0.1, 0.15) is 0 Å². The third-order valence-electron chi connectivity index (χ3n) is 2.23. The molecule has 1 rings (SSSR count). The zero-order chi connectivity index (χ0) is 13.8. The van der Waals surface area contributed by atoms with E-state index in [0.717, 1.165) is 11.8 Å². The molecule has 0 radical (unpaired) electrons. The van der Waals surface area contributed by atoms with Crippen molar-refractivity contribution in [2.24, 2.45) is 0 Å². The molecule has 3 N–H and O–H groups in total. The molecule has 0 amide bonds. The van der Waals surface area contributed by atoms with Crippen LogP contribution in [0.15, 0.2) is 24.8 Å². The lowest BCUT2D eigenvalue weighted by molar-refractivity contribution is 0.554. The first kappa shape index (κ1) is 14.8. The molecule has 0 saturated heterocycles. The van der Waals surface area contributed by atoms with Gasteiger partial charge in [-0.05, 0) is 30.1 Å². The first-order valence-electron chi connectivity index (χ1n) is 5.46. The lowest BCUT2D eigenvalue weighted by atomic mass is 9.88. The monoisotopic (exact) mass is 268 g/mol. The van der Waals surface area contributed by atoms with Gasteiger partial charge in [-0.15, -0.1) is 0 Å². The van der Waals surface area contributed by atoms with Crippen molar-refractivity contribution in [1.82, 2.24) is 5.23 Å². The first-order valence-corrected chi connectivity index (χ1v) is 7.35. The second kappa shape index (κ2) is 6.04. The highest BCUT2D eigenvalue weighted by atomic mass is 32.2. The molecule has 5 nitrogen and oxygen atoms in total. The van der Waals surface area contributed by atoms with E-state index in [9.17, 15) is 8.42 Å². The first-order chi connectivity index (χ1) is 8.31. The minimum absolute atomic E-state index is 0.494. The van der Waals surface area contributed by atoms with Gasteiger partial charge in [0.15, 0.2) is 0 Å². The van der Waals surface area contributed by atoms with Crippen molar-refractivity contribution in [3.63, 3.8) is 0 Å².